The minimum atomic E-state index is -4.72. The molecule has 7 atom stereocenters. The zero-order valence-corrected chi connectivity index (χ0v) is 27.4. The van der Waals surface area contributed by atoms with E-state index >= 15 is 0 Å². The maximum Gasteiger partial charge on any atom is 0.418 e. The number of rotatable bonds is 5. The fourth-order valence-electron chi connectivity index (χ4n) is 8.33. The van der Waals surface area contributed by atoms with Crippen LogP contribution in [0.25, 0.3) is 0 Å². The van der Waals surface area contributed by atoms with E-state index in [0.29, 0.717) is 18.8 Å². The lowest BCUT2D eigenvalue weighted by Gasteiger charge is -2.43. The van der Waals surface area contributed by atoms with Crippen LogP contribution in [-0.2, 0) is 22.4 Å². The SMILES string of the molecule is Cc1ccccc1COc1ccc(Br)cc1C1c2sc(=O)[nH]c2SC2C1[C@H]1C[C@@H]2C2C(=O)N(c3ccccc3C(F)(F)F)C(=O)C21. The van der Waals surface area contributed by atoms with Crippen LogP contribution in [0.2, 0.25) is 0 Å². The Morgan fingerprint density at radius 2 is 1.70 bits per heavy atom. The number of alkyl halides is 3. The third kappa shape index (κ3) is 4.54. The second-order valence-corrected chi connectivity index (χ2v) is 15.5. The second-order valence-electron chi connectivity index (χ2n) is 12.4. The minimum Gasteiger partial charge on any atom is -0.489 e. The summed E-state index contributed by atoms with van der Waals surface area (Å²) in [5.74, 6) is -2.86. The van der Waals surface area contributed by atoms with Crippen LogP contribution in [0.3, 0.4) is 0 Å². The molecule has 1 aromatic heterocycles. The standard InChI is InChI=1S/C34H26BrF3N2O4S2/c1-15-6-2-3-7-16(15)14-44-23-11-10-17(35)12-18(23)24-25-19-13-20(28(25)45-30-29(24)46-33(43)39-30)27-26(19)31(41)40(32(27)42)22-9-5-4-8-21(22)34(36,37)38/h2-12,19-20,24-28H,13-14H2,1H3,(H,39,43)/t19-,20-,24?,25?,26?,27?,28?/m1/s1. The molecule has 6 nitrogen and oxygen atoms in total. The van der Waals surface area contributed by atoms with E-state index in [1.807, 2.05) is 49.4 Å². The number of hydrogen-bond acceptors (Lipinski definition) is 6. The lowest BCUT2D eigenvalue weighted by molar-refractivity contribution is -0.137. The van der Waals surface area contributed by atoms with E-state index < -0.39 is 41.1 Å². The van der Waals surface area contributed by atoms with Crippen molar-refractivity contribution in [3.8, 4) is 5.75 Å². The third-order valence-corrected chi connectivity index (χ3v) is 13.2. The Labute approximate surface area is 278 Å². The fourth-order valence-corrected chi connectivity index (χ4v) is 11.6. The first-order valence-corrected chi connectivity index (χ1v) is 17.4. The maximum atomic E-state index is 14.1. The van der Waals surface area contributed by atoms with Crippen LogP contribution in [-0.4, -0.2) is 22.0 Å². The summed E-state index contributed by atoms with van der Waals surface area (Å²) >= 11 is 6.29. The number of carbonyl (C=O) groups is 2. The van der Waals surface area contributed by atoms with Crippen molar-refractivity contribution < 1.29 is 27.5 Å². The number of anilines is 1. The lowest BCUT2D eigenvalue weighted by atomic mass is 9.68. The minimum absolute atomic E-state index is 0.119. The van der Waals surface area contributed by atoms with Crippen LogP contribution < -0.4 is 14.5 Å². The number of nitrogens with zero attached hydrogens (tertiary/aromatic N) is 1. The zero-order valence-electron chi connectivity index (χ0n) is 24.2. The number of H-pyrrole nitrogens is 1. The third-order valence-electron chi connectivity index (χ3n) is 10.1. The largest absolute Gasteiger partial charge is 0.489 e. The molecule has 1 saturated heterocycles. The number of aromatic nitrogens is 1. The van der Waals surface area contributed by atoms with E-state index in [1.165, 1.54) is 30.0 Å². The Bertz CT molecular complexity index is 1980. The van der Waals surface area contributed by atoms with Gasteiger partial charge in [-0.3, -0.25) is 14.4 Å². The summed E-state index contributed by atoms with van der Waals surface area (Å²) in [7, 11) is 0. The molecule has 4 aliphatic rings. The summed E-state index contributed by atoms with van der Waals surface area (Å²) in [6, 6.07) is 18.6. The first-order chi connectivity index (χ1) is 22.0. The maximum absolute atomic E-state index is 14.1. The van der Waals surface area contributed by atoms with Crippen LogP contribution in [0.1, 0.15) is 39.5 Å². The van der Waals surface area contributed by atoms with Gasteiger partial charge < -0.3 is 9.72 Å². The molecule has 2 aliphatic heterocycles. The highest BCUT2D eigenvalue weighted by molar-refractivity contribution is 9.10. The summed E-state index contributed by atoms with van der Waals surface area (Å²) in [5, 5.41) is 0.623. The van der Waals surface area contributed by atoms with Gasteiger partial charge in [0.25, 0.3) is 0 Å². The van der Waals surface area contributed by atoms with Crippen LogP contribution in [0.5, 0.6) is 5.75 Å². The van der Waals surface area contributed by atoms with Gasteiger partial charge in [0.2, 0.25) is 11.8 Å². The number of hydrogen-bond donors (Lipinski definition) is 1. The molecule has 0 spiro atoms. The molecule has 2 aliphatic carbocycles. The van der Waals surface area contributed by atoms with E-state index in [1.54, 1.807) is 0 Å². The molecule has 3 heterocycles. The fraction of sp³-hybridized carbons (Fsp3) is 0.324. The number of thiazole rings is 1. The van der Waals surface area contributed by atoms with Gasteiger partial charge >= 0.3 is 11.0 Å². The van der Waals surface area contributed by atoms with Crippen molar-refractivity contribution in [1.82, 2.24) is 4.98 Å². The number of imide groups is 1. The summed E-state index contributed by atoms with van der Waals surface area (Å²) in [6.07, 6.45) is -4.11. The van der Waals surface area contributed by atoms with Gasteiger partial charge in [-0.25, -0.2) is 4.90 Å². The van der Waals surface area contributed by atoms with E-state index in [9.17, 15) is 27.6 Å². The molecule has 46 heavy (non-hydrogen) atoms. The number of carbonyl (C=O) groups excluding carboxylic acids is 2. The molecule has 4 aromatic rings. The lowest BCUT2D eigenvalue weighted by Crippen LogP contribution is -2.42. The molecule has 2 bridgehead atoms. The van der Waals surface area contributed by atoms with Crippen molar-refractivity contribution >= 4 is 56.5 Å². The van der Waals surface area contributed by atoms with Crippen molar-refractivity contribution in [2.75, 3.05) is 4.90 Å². The number of nitrogens with one attached hydrogen (secondary N) is 1. The van der Waals surface area contributed by atoms with Gasteiger partial charge in [0.15, 0.2) is 0 Å². The molecule has 2 saturated carbocycles. The molecule has 12 heteroatoms. The molecular weight excluding hydrogens is 701 g/mol. The van der Waals surface area contributed by atoms with Gasteiger partial charge in [0.05, 0.1) is 28.1 Å². The summed E-state index contributed by atoms with van der Waals surface area (Å²) in [5.41, 5.74) is 1.60. The number of para-hydroxylation sites is 1. The summed E-state index contributed by atoms with van der Waals surface area (Å²) < 4.78 is 49.3. The highest BCUT2D eigenvalue weighted by Gasteiger charge is 2.70. The highest BCUT2D eigenvalue weighted by Crippen LogP contribution is 2.69. The summed E-state index contributed by atoms with van der Waals surface area (Å²) in [6.45, 7) is 2.36. The first-order valence-electron chi connectivity index (χ1n) is 14.9. The number of amides is 2. The zero-order chi connectivity index (χ0) is 32.1. The van der Waals surface area contributed by atoms with Gasteiger partial charge in [-0.05, 0) is 72.6 Å². The Hall–Kier alpha value is -3.35. The molecule has 3 fully saturated rings. The molecule has 5 unspecified atom stereocenters. The molecule has 3 aromatic carbocycles. The number of aromatic amines is 1. The number of halogens is 4. The van der Waals surface area contributed by atoms with Gasteiger partial charge in [0.1, 0.15) is 12.4 Å². The Balaban J connectivity index is 1.21. The molecular formula is C34H26BrF3N2O4S2. The number of fused-ring (bicyclic) bond motifs is 9. The van der Waals surface area contributed by atoms with Gasteiger partial charge in [-0.15, -0.1) is 11.8 Å². The molecule has 2 amide bonds. The normalized spacial score (nSPS) is 27.9. The number of ether oxygens (including phenoxy) is 1. The molecule has 236 valence electrons. The second kappa shape index (κ2) is 10.8. The molecule has 0 radical (unpaired) electrons. The highest BCUT2D eigenvalue weighted by atomic mass is 79.9. The van der Waals surface area contributed by atoms with Crippen molar-refractivity contribution in [2.24, 2.45) is 29.6 Å². The first kappa shape index (κ1) is 30.0. The predicted octanol–water partition coefficient (Wildman–Crippen LogP) is 7.78. The average molecular weight is 728 g/mol. The molecule has 1 N–H and O–H groups in total. The Morgan fingerprint density at radius 1 is 0.978 bits per heavy atom. The van der Waals surface area contributed by atoms with Gasteiger partial charge in [0, 0.05) is 26.1 Å². The van der Waals surface area contributed by atoms with Crippen molar-refractivity contribution in [3.05, 3.63) is 108 Å². The topological polar surface area (TPSA) is 79.5 Å². The Morgan fingerprint density at radius 3 is 2.46 bits per heavy atom. The van der Waals surface area contributed by atoms with Crippen LogP contribution in [0.4, 0.5) is 18.9 Å². The quantitative estimate of drug-likeness (QED) is 0.213. The van der Waals surface area contributed by atoms with Crippen LogP contribution >= 0.6 is 39.0 Å². The number of aryl methyl sites for hydroxylation is 1. The van der Waals surface area contributed by atoms with Crippen molar-refractivity contribution in [1.29, 1.82) is 0 Å². The van der Waals surface area contributed by atoms with E-state index in [-0.39, 0.29) is 33.8 Å². The van der Waals surface area contributed by atoms with Crippen molar-refractivity contribution in [2.45, 2.75) is 42.3 Å². The number of thioether (sulfide) groups is 1. The summed E-state index contributed by atoms with van der Waals surface area (Å²) in [4.78, 5) is 45.2. The predicted molar refractivity (Wildman–Crippen MR) is 172 cm³/mol. The number of benzene rings is 3. The van der Waals surface area contributed by atoms with Crippen molar-refractivity contribution in [3.63, 3.8) is 0 Å². The van der Waals surface area contributed by atoms with Gasteiger partial charge in [-0.2, -0.15) is 13.2 Å². The molecule has 8 rings (SSSR count). The smallest absolute Gasteiger partial charge is 0.418 e. The van der Waals surface area contributed by atoms with E-state index in [2.05, 4.69) is 20.9 Å². The van der Waals surface area contributed by atoms with Crippen LogP contribution in [0.15, 0.2) is 81.0 Å². The monoisotopic (exact) mass is 726 g/mol. The van der Waals surface area contributed by atoms with E-state index in [4.69, 9.17) is 4.74 Å². The average Bonchev–Trinajstić information content (AvgIpc) is 3.75. The van der Waals surface area contributed by atoms with Crippen LogP contribution in [0, 0.1) is 36.5 Å². The Kier molecular flexibility index (Phi) is 7.08. The van der Waals surface area contributed by atoms with E-state index in [0.717, 1.165) is 53.4 Å². The van der Waals surface area contributed by atoms with Gasteiger partial charge in [-0.1, -0.05) is 63.7 Å².